The third-order valence-electron chi connectivity index (χ3n) is 2.78. The van der Waals surface area contributed by atoms with Gasteiger partial charge in [0.2, 0.25) is 0 Å². The normalized spacial score (nSPS) is 19.7. The smallest absolute Gasteiger partial charge is 0.317 e. The van der Waals surface area contributed by atoms with Gasteiger partial charge in [0, 0.05) is 19.3 Å². The molecule has 0 saturated carbocycles. The van der Waals surface area contributed by atoms with Gasteiger partial charge in [0.25, 0.3) is 0 Å². The van der Waals surface area contributed by atoms with Crippen molar-refractivity contribution in [3.05, 3.63) is 23.8 Å². The van der Waals surface area contributed by atoms with Crippen LogP contribution in [-0.2, 0) is 11.3 Å². The van der Waals surface area contributed by atoms with E-state index in [4.69, 9.17) is 4.74 Å². The lowest BCUT2D eigenvalue weighted by atomic mass is 10.3. The fourth-order valence-electron chi connectivity index (χ4n) is 1.88. The fourth-order valence-corrected chi connectivity index (χ4v) is 1.88. The number of ether oxygens (including phenoxy) is 1. The van der Waals surface area contributed by atoms with E-state index in [1.165, 1.54) is 0 Å². The van der Waals surface area contributed by atoms with Crippen LogP contribution in [0.5, 0.6) is 0 Å². The lowest BCUT2D eigenvalue weighted by Crippen LogP contribution is -2.48. The van der Waals surface area contributed by atoms with E-state index in [0.29, 0.717) is 32.1 Å². The molecule has 2 heterocycles. The average molecular weight is 250 g/mol. The van der Waals surface area contributed by atoms with Crippen LogP contribution in [0.15, 0.2) is 12.3 Å². The first-order valence-electron chi connectivity index (χ1n) is 6.08. The van der Waals surface area contributed by atoms with Crippen molar-refractivity contribution in [2.24, 2.45) is 0 Å². The van der Waals surface area contributed by atoms with Crippen LogP contribution in [-0.4, -0.2) is 46.7 Å². The van der Waals surface area contributed by atoms with Crippen LogP contribution >= 0.6 is 0 Å². The predicted molar refractivity (Wildman–Crippen MR) is 66.0 cm³/mol. The number of hydrogen-bond acceptors (Lipinski definition) is 4. The maximum Gasteiger partial charge on any atom is 0.317 e. The predicted octanol–water partition coefficient (Wildman–Crippen LogP) is 0.715. The Balaban J connectivity index is 1.84. The summed E-state index contributed by atoms with van der Waals surface area (Å²) in [6.45, 7) is 6.09. The van der Waals surface area contributed by atoms with Gasteiger partial charge in [-0.3, -0.25) is 0 Å². The molecule has 6 heteroatoms. The van der Waals surface area contributed by atoms with Crippen LogP contribution in [0.3, 0.4) is 0 Å². The number of rotatable bonds is 2. The molecular formula is C12H18N4O2. The maximum absolute atomic E-state index is 11.9. The van der Waals surface area contributed by atoms with Gasteiger partial charge in [-0.05, 0) is 19.9 Å². The fraction of sp³-hybridized carbons (Fsp3) is 0.583. The second kappa shape index (κ2) is 5.77. The number of morpholine rings is 1. The van der Waals surface area contributed by atoms with Crippen LogP contribution in [0, 0.1) is 6.92 Å². The summed E-state index contributed by atoms with van der Waals surface area (Å²) < 4.78 is 5.39. The molecule has 2 rings (SSSR count). The molecule has 1 saturated heterocycles. The zero-order valence-electron chi connectivity index (χ0n) is 10.7. The minimum absolute atomic E-state index is 0.0681. The number of amides is 2. The molecule has 1 aliphatic rings. The molecule has 1 atom stereocenters. The number of hydrogen-bond donors (Lipinski definition) is 1. The van der Waals surface area contributed by atoms with E-state index < -0.39 is 0 Å². The highest BCUT2D eigenvalue weighted by Crippen LogP contribution is 2.04. The van der Waals surface area contributed by atoms with Gasteiger partial charge in [-0.15, -0.1) is 0 Å². The lowest BCUT2D eigenvalue weighted by molar-refractivity contribution is -0.00352. The Kier molecular flexibility index (Phi) is 4.09. The molecule has 1 fully saturated rings. The molecule has 0 bridgehead atoms. The van der Waals surface area contributed by atoms with Crippen LogP contribution < -0.4 is 5.32 Å². The summed E-state index contributed by atoms with van der Waals surface area (Å²) >= 11 is 0. The summed E-state index contributed by atoms with van der Waals surface area (Å²) in [4.78, 5) is 21.9. The van der Waals surface area contributed by atoms with E-state index in [1.54, 1.807) is 17.2 Å². The van der Waals surface area contributed by atoms with Crippen molar-refractivity contribution in [3.63, 3.8) is 0 Å². The SMILES string of the molecule is Cc1nccc(CNC(=O)N2CCOC(C)C2)n1. The van der Waals surface area contributed by atoms with Gasteiger partial charge in [-0.25, -0.2) is 14.8 Å². The van der Waals surface area contributed by atoms with Crippen LogP contribution in [0.2, 0.25) is 0 Å². The molecule has 2 amide bonds. The largest absolute Gasteiger partial charge is 0.375 e. The summed E-state index contributed by atoms with van der Waals surface area (Å²) in [5, 5.41) is 2.86. The molecule has 1 aromatic heterocycles. The summed E-state index contributed by atoms with van der Waals surface area (Å²) in [6.07, 6.45) is 1.80. The van der Waals surface area contributed by atoms with Crippen molar-refractivity contribution in [2.45, 2.75) is 26.5 Å². The second-order valence-electron chi connectivity index (χ2n) is 4.38. The Morgan fingerprint density at radius 3 is 3.22 bits per heavy atom. The maximum atomic E-state index is 11.9. The third-order valence-corrected chi connectivity index (χ3v) is 2.78. The number of carbonyl (C=O) groups is 1. The number of nitrogens with one attached hydrogen (secondary N) is 1. The number of carbonyl (C=O) groups excluding carboxylic acids is 1. The molecule has 0 spiro atoms. The Morgan fingerprint density at radius 1 is 1.67 bits per heavy atom. The summed E-state index contributed by atoms with van der Waals surface area (Å²) in [6, 6.07) is 1.73. The van der Waals surface area contributed by atoms with Gasteiger partial charge in [0.05, 0.1) is 24.9 Å². The molecule has 0 aromatic carbocycles. The van der Waals surface area contributed by atoms with Crippen LogP contribution in [0.4, 0.5) is 4.79 Å². The van der Waals surface area contributed by atoms with Gasteiger partial charge in [-0.2, -0.15) is 0 Å². The second-order valence-corrected chi connectivity index (χ2v) is 4.38. The van der Waals surface area contributed by atoms with Crippen molar-refractivity contribution >= 4 is 6.03 Å². The summed E-state index contributed by atoms with van der Waals surface area (Å²) in [5.74, 6) is 0.710. The zero-order chi connectivity index (χ0) is 13.0. The first kappa shape index (κ1) is 12.8. The zero-order valence-corrected chi connectivity index (χ0v) is 10.7. The molecule has 0 aliphatic carbocycles. The van der Waals surface area contributed by atoms with Crippen LogP contribution in [0.1, 0.15) is 18.4 Å². The standard InChI is InChI=1S/C12H18N4O2/c1-9-8-16(5-6-18-9)12(17)14-7-11-3-4-13-10(2)15-11/h3-4,9H,5-8H2,1-2H3,(H,14,17). The van der Waals surface area contributed by atoms with E-state index in [0.717, 1.165) is 5.69 Å². The summed E-state index contributed by atoms with van der Waals surface area (Å²) in [7, 11) is 0. The van der Waals surface area contributed by atoms with E-state index in [9.17, 15) is 4.79 Å². The molecule has 98 valence electrons. The van der Waals surface area contributed by atoms with Gasteiger partial charge in [0.1, 0.15) is 5.82 Å². The number of aryl methyl sites for hydroxylation is 1. The molecule has 6 nitrogen and oxygen atoms in total. The van der Waals surface area contributed by atoms with Crippen LogP contribution in [0.25, 0.3) is 0 Å². The monoisotopic (exact) mass is 250 g/mol. The molecule has 0 radical (unpaired) electrons. The van der Waals surface area contributed by atoms with Gasteiger partial charge < -0.3 is 15.0 Å². The highest BCUT2D eigenvalue weighted by Gasteiger charge is 2.20. The number of aromatic nitrogens is 2. The molecule has 1 aromatic rings. The Labute approximate surface area is 106 Å². The molecular weight excluding hydrogens is 232 g/mol. The van der Waals surface area contributed by atoms with Crippen molar-refractivity contribution < 1.29 is 9.53 Å². The van der Waals surface area contributed by atoms with Gasteiger partial charge >= 0.3 is 6.03 Å². The topological polar surface area (TPSA) is 67.4 Å². The minimum atomic E-state index is -0.0681. The van der Waals surface area contributed by atoms with E-state index >= 15 is 0 Å². The van der Waals surface area contributed by atoms with Crippen molar-refractivity contribution in [1.82, 2.24) is 20.2 Å². The first-order valence-corrected chi connectivity index (χ1v) is 6.08. The Morgan fingerprint density at radius 2 is 2.50 bits per heavy atom. The molecule has 1 unspecified atom stereocenters. The van der Waals surface area contributed by atoms with Gasteiger partial charge in [0.15, 0.2) is 0 Å². The minimum Gasteiger partial charge on any atom is -0.375 e. The van der Waals surface area contributed by atoms with Crippen molar-refractivity contribution in [1.29, 1.82) is 0 Å². The highest BCUT2D eigenvalue weighted by atomic mass is 16.5. The van der Waals surface area contributed by atoms with E-state index in [2.05, 4.69) is 15.3 Å². The molecule has 1 N–H and O–H groups in total. The number of urea groups is 1. The first-order chi connectivity index (χ1) is 8.65. The lowest BCUT2D eigenvalue weighted by Gasteiger charge is -2.31. The van der Waals surface area contributed by atoms with Crippen molar-refractivity contribution in [3.8, 4) is 0 Å². The summed E-state index contributed by atoms with van der Waals surface area (Å²) in [5.41, 5.74) is 0.817. The molecule has 18 heavy (non-hydrogen) atoms. The Bertz CT molecular complexity index is 424. The van der Waals surface area contributed by atoms with Gasteiger partial charge in [-0.1, -0.05) is 0 Å². The van der Waals surface area contributed by atoms with Crippen molar-refractivity contribution in [2.75, 3.05) is 19.7 Å². The number of nitrogens with zero attached hydrogens (tertiary/aromatic N) is 3. The highest BCUT2D eigenvalue weighted by molar-refractivity contribution is 5.74. The van der Waals surface area contributed by atoms with E-state index in [-0.39, 0.29) is 12.1 Å². The average Bonchev–Trinajstić information content (AvgIpc) is 2.36. The third kappa shape index (κ3) is 3.40. The quantitative estimate of drug-likeness (QED) is 0.839. The van der Waals surface area contributed by atoms with E-state index in [1.807, 2.05) is 13.8 Å². The molecule has 1 aliphatic heterocycles. The Hall–Kier alpha value is -1.69.